The van der Waals surface area contributed by atoms with E-state index in [1.807, 2.05) is 0 Å². The fraction of sp³-hybridized carbons (Fsp3) is 0.529. The van der Waals surface area contributed by atoms with Crippen LogP contribution in [0.5, 0.6) is 5.75 Å². The van der Waals surface area contributed by atoms with E-state index in [-0.39, 0.29) is 23.7 Å². The van der Waals surface area contributed by atoms with Crippen molar-refractivity contribution >= 4 is 17.5 Å². The SMILES string of the molecule is COc1ccc(NC(=O)C2CC2C(=O)NC2CCCC2)cc1. The largest absolute Gasteiger partial charge is 0.497 e. The van der Waals surface area contributed by atoms with Crippen LogP contribution < -0.4 is 15.4 Å². The predicted molar refractivity (Wildman–Crippen MR) is 83.6 cm³/mol. The third-order valence-corrected chi connectivity index (χ3v) is 4.52. The molecule has 0 radical (unpaired) electrons. The van der Waals surface area contributed by atoms with Gasteiger partial charge in [-0.3, -0.25) is 9.59 Å². The first kappa shape index (κ1) is 14.9. The summed E-state index contributed by atoms with van der Waals surface area (Å²) < 4.78 is 5.08. The number of benzene rings is 1. The summed E-state index contributed by atoms with van der Waals surface area (Å²) in [6.45, 7) is 0. The van der Waals surface area contributed by atoms with Gasteiger partial charge in [0.1, 0.15) is 5.75 Å². The molecule has 118 valence electrons. The molecule has 2 aliphatic rings. The molecule has 5 nitrogen and oxygen atoms in total. The van der Waals surface area contributed by atoms with Crippen LogP contribution in [0.15, 0.2) is 24.3 Å². The van der Waals surface area contributed by atoms with Gasteiger partial charge in [0.05, 0.1) is 18.9 Å². The Kier molecular flexibility index (Phi) is 4.32. The maximum absolute atomic E-state index is 12.2. The summed E-state index contributed by atoms with van der Waals surface area (Å²) in [4.78, 5) is 24.3. The normalized spacial score (nSPS) is 23.9. The van der Waals surface area contributed by atoms with E-state index in [0.717, 1.165) is 24.3 Å². The zero-order chi connectivity index (χ0) is 15.5. The Hall–Kier alpha value is -2.04. The van der Waals surface area contributed by atoms with Crippen molar-refractivity contribution in [1.29, 1.82) is 0 Å². The lowest BCUT2D eigenvalue weighted by Gasteiger charge is -2.11. The number of hydrogen-bond acceptors (Lipinski definition) is 3. The Labute approximate surface area is 130 Å². The summed E-state index contributed by atoms with van der Waals surface area (Å²) in [5, 5.41) is 5.93. The first-order valence-electron chi connectivity index (χ1n) is 7.92. The number of ether oxygens (including phenoxy) is 1. The predicted octanol–water partition coefficient (Wildman–Crippen LogP) is 2.33. The highest BCUT2D eigenvalue weighted by atomic mass is 16.5. The monoisotopic (exact) mass is 302 g/mol. The minimum Gasteiger partial charge on any atom is -0.497 e. The Morgan fingerprint density at radius 3 is 2.32 bits per heavy atom. The number of anilines is 1. The first-order valence-corrected chi connectivity index (χ1v) is 7.92. The van der Waals surface area contributed by atoms with Crippen molar-refractivity contribution in [2.24, 2.45) is 11.8 Å². The van der Waals surface area contributed by atoms with Gasteiger partial charge in [0.25, 0.3) is 0 Å². The molecule has 2 unspecified atom stereocenters. The third kappa shape index (κ3) is 3.40. The van der Waals surface area contributed by atoms with Gasteiger partial charge >= 0.3 is 0 Å². The van der Waals surface area contributed by atoms with E-state index in [4.69, 9.17) is 4.74 Å². The number of carbonyl (C=O) groups is 2. The van der Waals surface area contributed by atoms with Crippen molar-refractivity contribution in [2.45, 2.75) is 38.1 Å². The maximum atomic E-state index is 12.2. The minimum absolute atomic E-state index is 0.0433. The van der Waals surface area contributed by atoms with Gasteiger partial charge in [0.2, 0.25) is 11.8 Å². The molecule has 0 bridgehead atoms. The number of methoxy groups -OCH3 is 1. The lowest BCUT2D eigenvalue weighted by molar-refractivity contribution is -0.125. The van der Waals surface area contributed by atoms with Crippen LogP contribution in [0, 0.1) is 11.8 Å². The zero-order valence-corrected chi connectivity index (χ0v) is 12.8. The molecule has 2 saturated carbocycles. The number of carbonyl (C=O) groups excluding carboxylic acids is 2. The molecule has 0 aliphatic heterocycles. The van der Waals surface area contributed by atoms with Crippen LogP contribution in [-0.4, -0.2) is 25.0 Å². The minimum atomic E-state index is -0.191. The maximum Gasteiger partial charge on any atom is 0.228 e. The summed E-state index contributed by atoms with van der Waals surface area (Å²) in [7, 11) is 1.60. The molecule has 0 aromatic heterocycles. The van der Waals surface area contributed by atoms with E-state index in [2.05, 4.69) is 10.6 Å². The fourth-order valence-electron chi connectivity index (χ4n) is 3.06. The molecule has 1 aromatic rings. The van der Waals surface area contributed by atoms with Crippen molar-refractivity contribution in [3.8, 4) is 5.75 Å². The van der Waals surface area contributed by atoms with Gasteiger partial charge in [-0.25, -0.2) is 0 Å². The van der Waals surface area contributed by atoms with Crippen LogP contribution >= 0.6 is 0 Å². The van der Waals surface area contributed by atoms with Crippen molar-refractivity contribution in [3.63, 3.8) is 0 Å². The molecule has 0 spiro atoms. The van der Waals surface area contributed by atoms with Gasteiger partial charge in [-0.05, 0) is 43.5 Å². The first-order chi connectivity index (χ1) is 10.7. The van der Waals surface area contributed by atoms with Gasteiger partial charge in [-0.2, -0.15) is 0 Å². The average molecular weight is 302 g/mol. The van der Waals surface area contributed by atoms with Gasteiger partial charge in [0.15, 0.2) is 0 Å². The second-order valence-corrected chi connectivity index (χ2v) is 6.16. The summed E-state index contributed by atoms with van der Waals surface area (Å²) in [6.07, 6.45) is 5.18. The number of amides is 2. The average Bonchev–Trinajstić information content (AvgIpc) is 3.19. The summed E-state index contributed by atoms with van der Waals surface area (Å²) in [6, 6.07) is 7.51. The van der Waals surface area contributed by atoms with E-state index in [0.29, 0.717) is 12.5 Å². The Morgan fingerprint density at radius 2 is 1.68 bits per heavy atom. The van der Waals surface area contributed by atoms with Gasteiger partial charge in [0, 0.05) is 11.7 Å². The number of rotatable bonds is 5. The van der Waals surface area contributed by atoms with Crippen LogP contribution in [0.1, 0.15) is 32.1 Å². The molecule has 2 amide bonds. The molecule has 3 rings (SSSR count). The Morgan fingerprint density at radius 1 is 1.05 bits per heavy atom. The Balaban J connectivity index is 1.48. The van der Waals surface area contributed by atoms with E-state index in [1.54, 1.807) is 31.4 Å². The van der Waals surface area contributed by atoms with Crippen LogP contribution in [0.4, 0.5) is 5.69 Å². The highest BCUT2D eigenvalue weighted by Crippen LogP contribution is 2.40. The zero-order valence-electron chi connectivity index (χ0n) is 12.8. The molecular weight excluding hydrogens is 280 g/mol. The van der Waals surface area contributed by atoms with Crippen LogP contribution in [0.2, 0.25) is 0 Å². The lowest BCUT2D eigenvalue weighted by Crippen LogP contribution is -2.34. The molecular formula is C17H22N2O3. The van der Waals surface area contributed by atoms with Gasteiger partial charge in [-0.1, -0.05) is 12.8 Å². The topological polar surface area (TPSA) is 67.4 Å². The molecule has 2 fully saturated rings. The van der Waals surface area contributed by atoms with Crippen molar-refractivity contribution in [1.82, 2.24) is 5.32 Å². The molecule has 5 heteroatoms. The summed E-state index contributed by atoms with van der Waals surface area (Å²) in [5.74, 6) is 0.374. The quantitative estimate of drug-likeness (QED) is 0.877. The van der Waals surface area contributed by atoms with Crippen molar-refractivity contribution < 1.29 is 14.3 Å². The highest BCUT2D eigenvalue weighted by Gasteiger charge is 2.48. The van der Waals surface area contributed by atoms with E-state index >= 15 is 0 Å². The third-order valence-electron chi connectivity index (χ3n) is 4.52. The Bertz CT molecular complexity index is 550. The van der Waals surface area contributed by atoms with Crippen LogP contribution in [0.3, 0.4) is 0 Å². The lowest BCUT2D eigenvalue weighted by atomic mass is 10.2. The van der Waals surface area contributed by atoms with Crippen LogP contribution in [-0.2, 0) is 9.59 Å². The number of nitrogens with one attached hydrogen (secondary N) is 2. The van der Waals surface area contributed by atoms with E-state index < -0.39 is 0 Å². The molecule has 2 atom stereocenters. The molecule has 2 aliphatic carbocycles. The standard InChI is InChI=1S/C17H22N2O3/c1-22-13-8-6-12(7-9-13)19-17(21)15-10-14(15)16(20)18-11-4-2-3-5-11/h6-9,11,14-15H,2-5,10H2,1H3,(H,18,20)(H,19,21). The molecule has 2 N–H and O–H groups in total. The summed E-state index contributed by atoms with van der Waals surface area (Å²) >= 11 is 0. The van der Waals surface area contributed by atoms with Crippen molar-refractivity contribution in [2.75, 3.05) is 12.4 Å². The van der Waals surface area contributed by atoms with E-state index in [1.165, 1.54) is 12.8 Å². The van der Waals surface area contributed by atoms with Gasteiger partial charge in [-0.15, -0.1) is 0 Å². The molecule has 0 heterocycles. The molecule has 22 heavy (non-hydrogen) atoms. The number of hydrogen-bond donors (Lipinski definition) is 2. The fourth-order valence-corrected chi connectivity index (χ4v) is 3.06. The highest BCUT2D eigenvalue weighted by molar-refractivity contribution is 5.99. The van der Waals surface area contributed by atoms with Crippen LogP contribution in [0.25, 0.3) is 0 Å². The smallest absolute Gasteiger partial charge is 0.228 e. The summed E-state index contributed by atoms with van der Waals surface area (Å²) in [5.41, 5.74) is 0.729. The molecule has 1 aromatic carbocycles. The van der Waals surface area contributed by atoms with Crippen molar-refractivity contribution in [3.05, 3.63) is 24.3 Å². The van der Waals surface area contributed by atoms with Gasteiger partial charge < -0.3 is 15.4 Å². The van der Waals surface area contributed by atoms with E-state index in [9.17, 15) is 9.59 Å². The molecule has 0 saturated heterocycles. The second kappa shape index (κ2) is 6.38. The second-order valence-electron chi connectivity index (χ2n) is 6.16.